The van der Waals surface area contributed by atoms with Crippen LogP contribution in [0, 0.1) is 0 Å². The van der Waals surface area contributed by atoms with Crippen LogP contribution in [0.5, 0.6) is 0 Å². The molecule has 0 saturated heterocycles. The molecule has 0 aliphatic rings. The number of aliphatic carboxylic acids is 3. The van der Waals surface area contributed by atoms with Gasteiger partial charge in [0.1, 0.15) is 12.1 Å². The van der Waals surface area contributed by atoms with Gasteiger partial charge in [0.05, 0.1) is 52.9 Å². The van der Waals surface area contributed by atoms with Crippen LogP contribution in [-0.2, 0) is 47.7 Å². The maximum atomic E-state index is 12.1. The summed E-state index contributed by atoms with van der Waals surface area (Å²) in [4.78, 5) is 68.8. The molecule has 17 heteroatoms. The van der Waals surface area contributed by atoms with Crippen LogP contribution in [0.15, 0.2) is 0 Å². The van der Waals surface area contributed by atoms with E-state index in [2.05, 4.69) is 16.0 Å². The van der Waals surface area contributed by atoms with Gasteiger partial charge in [0, 0.05) is 38.8 Å². The molecule has 0 aromatic rings. The SMILES string of the molecule is N[C@@H](CCCCNC(=O)CC[C@H](NC(=O)CCOCCOCCOCCOCCNC(=O)CCCCCCCCCCCCCCC(=O)O)C(=O)O)C(=O)O. The summed E-state index contributed by atoms with van der Waals surface area (Å²) in [6.45, 7) is 3.31. The van der Waals surface area contributed by atoms with Crippen molar-refractivity contribution in [3.05, 3.63) is 0 Å². The summed E-state index contributed by atoms with van der Waals surface area (Å²) in [7, 11) is 0. The average molecular weight is 791 g/mol. The third-order valence-corrected chi connectivity index (χ3v) is 8.58. The minimum Gasteiger partial charge on any atom is -0.481 e. The molecule has 0 aromatic heterocycles. The van der Waals surface area contributed by atoms with E-state index in [0.29, 0.717) is 78.4 Å². The van der Waals surface area contributed by atoms with Gasteiger partial charge in [-0.2, -0.15) is 0 Å². The van der Waals surface area contributed by atoms with Crippen LogP contribution in [0.2, 0.25) is 0 Å². The first-order valence-corrected chi connectivity index (χ1v) is 20.1. The molecular weight excluding hydrogens is 720 g/mol. The second-order valence-corrected chi connectivity index (χ2v) is 13.5. The Morgan fingerprint density at radius 2 is 0.891 bits per heavy atom. The number of amides is 3. The summed E-state index contributed by atoms with van der Waals surface area (Å²) >= 11 is 0. The van der Waals surface area contributed by atoms with Crippen molar-refractivity contribution in [3.63, 3.8) is 0 Å². The van der Waals surface area contributed by atoms with Crippen molar-refractivity contribution in [3.8, 4) is 0 Å². The lowest BCUT2D eigenvalue weighted by Gasteiger charge is -2.14. The van der Waals surface area contributed by atoms with Gasteiger partial charge in [-0.3, -0.25) is 24.0 Å². The van der Waals surface area contributed by atoms with Gasteiger partial charge in [0.2, 0.25) is 17.7 Å². The van der Waals surface area contributed by atoms with Crippen LogP contribution in [0.3, 0.4) is 0 Å². The van der Waals surface area contributed by atoms with Gasteiger partial charge in [-0.25, -0.2) is 4.79 Å². The van der Waals surface area contributed by atoms with E-state index in [9.17, 15) is 33.9 Å². The van der Waals surface area contributed by atoms with Crippen molar-refractivity contribution in [2.24, 2.45) is 5.73 Å². The van der Waals surface area contributed by atoms with Gasteiger partial charge in [-0.1, -0.05) is 64.2 Å². The monoisotopic (exact) mass is 790 g/mol. The summed E-state index contributed by atoms with van der Waals surface area (Å²) in [6.07, 6.45) is 15.3. The lowest BCUT2D eigenvalue weighted by Crippen LogP contribution is -2.42. The molecule has 0 rings (SSSR count). The number of carboxylic acid groups (broad SMARTS) is 3. The summed E-state index contributed by atoms with van der Waals surface area (Å²) in [6, 6.07) is -2.16. The molecule has 0 unspecified atom stereocenters. The van der Waals surface area contributed by atoms with E-state index >= 15 is 0 Å². The molecule has 0 aliphatic heterocycles. The number of carbonyl (C=O) groups excluding carboxylic acids is 3. The Morgan fingerprint density at radius 3 is 1.40 bits per heavy atom. The number of carboxylic acids is 3. The number of nitrogens with two attached hydrogens (primary N) is 1. The van der Waals surface area contributed by atoms with Crippen molar-refractivity contribution < 1.29 is 63.0 Å². The van der Waals surface area contributed by atoms with E-state index in [1.807, 2.05) is 0 Å². The normalized spacial score (nSPS) is 12.2. The molecule has 0 aliphatic carbocycles. The highest BCUT2D eigenvalue weighted by molar-refractivity contribution is 5.84. The van der Waals surface area contributed by atoms with Crippen molar-refractivity contribution in [1.29, 1.82) is 0 Å². The predicted octanol–water partition coefficient (Wildman–Crippen LogP) is 3.15. The van der Waals surface area contributed by atoms with Crippen LogP contribution >= 0.6 is 0 Å². The van der Waals surface area contributed by atoms with E-state index in [0.717, 1.165) is 38.5 Å². The van der Waals surface area contributed by atoms with Crippen molar-refractivity contribution in [2.75, 3.05) is 65.9 Å². The zero-order valence-electron chi connectivity index (χ0n) is 32.9. The third-order valence-electron chi connectivity index (χ3n) is 8.58. The summed E-state index contributed by atoms with van der Waals surface area (Å²) < 4.78 is 21.7. The first-order chi connectivity index (χ1) is 26.5. The molecule has 17 nitrogen and oxygen atoms in total. The third kappa shape index (κ3) is 37.3. The van der Waals surface area contributed by atoms with Gasteiger partial charge < -0.3 is 56.0 Å². The fourth-order valence-corrected chi connectivity index (χ4v) is 5.34. The van der Waals surface area contributed by atoms with Crippen molar-refractivity contribution >= 4 is 35.6 Å². The van der Waals surface area contributed by atoms with Crippen molar-refractivity contribution in [2.45, 2.75) is 141 Å². The zero-order chi connectivity index (χ0) is 40.8. The Labute approximate surface area is 326 Å². The maximum absolute atomic E-state index is 12.1. The zero-order valence-corrected chi connectivity index (χ0v) is 32.9. The van der Waals surface area contributed by atoms with Crippen LogP contribution in [0.1, 0.15) is 128 Å². The highest BCUT2D eigenvalue weighted by Crippen LogP contribution is 2.13. The van der Waals surface area contributed by atoms with Gasteiger partial charge >= 0.3 is 17.9 Å². The molecule has 320 valence electrons. The fourth-order valence-electron chi connectivity index (χ4n) is 5.34. The molecule has 0 spiro atoms. The highest BCUT2D eigenvalue weighted by atomic mass is 16.6. The first kappa shape index (κ1) is 51.6. The maximum Gasteiger partial charge on any atom is 0.326 e. The Morgan fingerprint density at radius 1 is 0.436 bits per heavy atom. The second kappa shape index (κ2) is 37.5. The van der Waals surface area contributed by atoms with Gasteiger partial charge in [0.25, 0.3) is 0 Å². The number of rotatable bonds is 41. The topological polar surface area (TPSA) is 262 Å². The Kier molecular flexibility index (Phi) is 35.2. The average Bonchev–Trinajstić information content (AvgIpc) is 3.14. The Balaban J connectivity index is 3.52. The predicted molar refractivity (Wildman–Crippen MR) is 204 cm³/mol. The molecule has 3 amide bonds. The minimum absolute atomic E-state index is 0.0431. The number of unbranched alkanes of at least 4 members (excludes halogenated alkanes) is 12. The second-order valence-electron chi connectivity index (χ2n) is 13.5. The summed E-state index contributed by atoms with van der Waals surface area (Å²) in [5.74, 6) is -3.86. The molecule has 8 N–H and O–H groups in total. The molecule has 55 heavy (non-hydrogen) atoms. The smallest absolute Gasteiger partial charge is 0.326 e. The fraction of sp³-hybridized carbons (Fsp3) is 0.842. The minimum atomic E-state index is -1.25. The lowest BCUT2D eigenvalue weighted by atomic mass is 10.0. The highest BCUT2D eigenvalue weighted by Gasteiger charge is 2.21. The van der Waals surface area contributed by atoms with E-state index in [1.54, 1.807) is 0 Å². The molecule has 0 saturated carbocycles. The van der Waals surface area contributed by atoms with Gasteiger partial charge in [-0.15, -0.1) is 0 Å². The van der Waals surface area contributed by atoms with Crippen LogP contribution in [-0.4, -0.2) is 129 Å². The van der Waals surface area contributed by atoms with Crippen LogP contribution < -0.4 is 21.7 Å². The van der Waals surface area contributed by atoms with Crippen molar-refractivity contribution in [1.82, 2.24) is 16.0 Å². The number of nitrogens with one attached hydrogen (secondary N) is 3. The molecule has 0 bridgehead atoms. The molecule has 2 atom stereocenters. The van der Waals surface area contributed by atoms with Gasteiger partial charge in [-0.05, 0) is 38.5 Å². The molecular formula is C38H70N4O13. The van der Waals surface area contributed by atoms with E-state index in [-0.39, 0.29) is 50.7 Å². The lowest BCUT2D eigenvalue weighted by molar-refractivity contribution is -0.142. The van der Waals surface area contributed by atoms with Gasteiger partial charge in [0.15, 0.2) is 0 Å². The van der Waals surface area contributed by atoms with Crippen LogP contribution in [0.25, 0.3) is 0 Å². The Bertz CT molecular complexity index is 1030. The molecule has 0 aromatic carbocycles. The molecule has 0 fully saturated rings. The number of carbonyl (C=O) groups is 6. The number of hydrogen-bond acceptors (Lipinski definition) is 11. The standard InChI is InChI=1S/C38H70N4O13/c39-31(37(48)49)15-13-14-21-40-34(44)19-18-32(38(50)51)42-35(45)20-23-52-25-27-54-29-30-55-28-26-53-24-22-41-33(43)16-11-9-7-5-3-1-2-4-6-8-10-12-17-36(46)47/h31-32H,1-30,39H2,(H,40,44)(H,41,43)(H,42,45)(H,46,47)(H,48,49)(H,50,51)/t31-,32-/m0/s1. The molecule has 0 radical (unpaired) electrons. The van der Waals surface area contributed by atoms with E-state index in [4.69, 9.17) is 34.9 Å². The van der Waals surface area contributed by atoms with E-state index in [1.165, 1.54) is 38.5 Å². The largest absolute Gasteiger partial charge is 0.481 e. The number of ether oxygens (including phenoxy) is 4. The van der Waals surface area contributed by atoms with E-state index < -0.39 is 35.9 Å². The van der Waals surface area contributed by atoms with Crippen LogP contribution in [0.4, 0.5) is 0 Å². The number of hydrogen-bond donors (Lipinski definition) is 7. The molecule has 0 heterocycles. The first-order valence-electron chi connectivity index (χ1n) is 20.1. The Hall–Kier alpha value is -3.38. The quantitative estimate of drug-likeness (QED) is 0.0439. The summed E-state index contributed by atoms with van der Waals surface area (Å²) in [5, 5.41) is 34.7. The summed E-state index contributed by atoms with van der Waals surface area (Å²) in [5.41, 5.74) is 5.42.